The molecule has 0 aromatic carbocycles. The largest absolute Gasteiger partial charge is 0.472 e. The van der Waals surface area contributed by atoms with Gasteiger partial charge >= 0.3 is 7.82 Å². The molecule has 0 aliphatic heterocycles. The molecular weight excluding hydrogens is 719 g/mol. The smallest absolute Gasteiger partial charge is 0.387 e. The zero-order valence-corrected chi connectivity index (χ0v) is 38.3. The SMILES string of the molecule is CCCCCCCC/C=C/CCCCCCCCCCCC(=O)N[C@@H](COP(=O)(O)OCC[N+](C)(C)C)[C@H](O)/C=C/CC/C=C/CCCCCCCCCCC. The molecule has 0 aromatic rings. The lowest BCUT2D eigenvalue weighted by Crippen LogP contribution is -2.45. The second-order valence-corrected chi connectivity index (χ2v) is 18.6. The number of unbranched alkanes of at least 4 members (excludes halogenated alkanes) is 25. The minimum atomic E-state index is -4.34. The van der Waals surface area contributed by atoms with Crippen LogP contribution >= 0.6 is 7.82 Å². The first-order valence-electron chi connectivity index (χ1n) is 23.4. The minimum Gasteiger partial charge on any atom is -0.387 e. The molecule has 0 saturated carbocycles. The van der Waals surface area contributed by atoms with Crippen LogP contribution in [0.2, 0.25) is 0 Å². The van der Waals surface area contributed by atoms with Gasteiger partial charge < -0.3 is 19.8 Å². The number of rotatable bonds is 42. The molecule has 0 aliphatic carbocycles. The molecule has 0 bridgehead atoms. The van der Waals surface area contributed by atoms with Gasteiger partial charge in [-0.05, 0) is 57.8 Å². The first kappa shape index (κ1) is 54.7. The van der Waals surface area contributed by atoms with Crippen molar-refractivity contribution in [3.63, 3.8) is 0 Å². The van der Waals surface area contributed by atoms with Crippen LogP contribution in [0.3, 0.4) is 0 Å². The van der Waals surface area contributed by atoms with E-state index >= 15 is 0 Å². The fourth-order valence-electron chi connectivity index (χ4n) is 6.58. The summed E-state index contributed by atoms with van der Waals surface area (Å²) in [6.45, 7) is 4.79. The predicted octanol–water partition coefficient (Wildman–Crippen LogP) is 13.1. The molecule has 0 spiro atoms. The fraction of sp³-hybridized carbons (Fsp3) is 0.851. The molecule has 0 saturated heterocycles. The molecule has 3 N–H and O–H groups in total. The number of likely N-dealkylation sites (N-methyl/N-ethyl adjacent to an activating group) is 1. The summed E-state index contributed by atoms with van der Waals surface area (Å²) in [6.07, 6.45) is 47.9. The van der Waals surface area contributed by atoms with Crippen molar-refractivity contribution < 1.29 is 32.9 Å². The summed E-state index contributed by atoms with van der Waals surface area (Å²) in [7, 11) is 1.55. The molecule has 0 rings (SSSR count). The summed E-state index contributed by atoms with van der Waals surface area (Å²) in [5.74, 6) is -0.190. The number of aliphatic hydroxyl groups excluding tert-OH is 1. The zero-order valence-electron chi connectivity index (χ0n) is 37.4. The standard InChI is InChI=1S/C47H91N2O6P/c1-6-8-10-12-14-16-18-20-22-23-24-25-27-29-31-33-35-37-39-41-47(51)48-45(44-55-56(52,53)54-43-42-49(3,4)5)46(50)40-38-36-34-32-30-28-26-21-19-17-15-13-11-9-7-2/h20,22,30,32,38,40,45-46,50H,6-19,21,23-29,31,33-37,39,41-44H2,1-5H3,(H-,48,51,52,53)/p+1/b22-20+,32-30+,40-38+/t45-,46+/m0/s1. The van der Waals surface area contributed by atoms with Crippen molar-refractivity contribution >= 4 is 13.7 Å². The Kier molecular flexibility index (Phi) is 38.3. The van der Waals surface area contributed by atoms with Crippen molar-refractivity contribution in [2.75, 3.05) is 40.9 Å². The third-order valence-corrected chi connectivity index (χ3v) is 11.3. The molecule has 0 aliphatic rings. The minimum absolute atomic E-state index is 0.0560. The van der Waals surface area contributed by atoms with Gasteiger partial charge in [0.05, 0.1) is 39.9 Å². The number of phosphoric ester groups is 1. The summed E-state index contributed by atoms with van der Waals surface area (Å²) in [4.78, 5) is 23.1. The van der Waals surface area contributed by atoms with E-state index in [0.29, 0.717) is 17.4 Å². The summed E-state index contributed by atoms with van der Waals surface area (Å²) in [6, 6.07) is -0.862. The van der Waals surface area contributed by atoms with Gasteiger partial charge in [-0.25, -0.2) is 4.57 Å². The van der Waals surface area contributed by atoms with Crippen molar-refractivity contribution in [2.24, 2.45) is 0 Å². The van der Waals surface area contributed by atoms with Gasteiger partial charge in [0.15, 0.2) is 0 Å². The Balaban J connectivity index is 4.41. The van der Waals surface area contributed by atoms with E-state index in [-0.39, 0.29) is 19.1 Å². The van der Waals surface area contributed by atoms with Crippen LogP contribution in [-0.4, -0.2) is 73.4 Å². The van der Waals surface area contributed by atoms with E-state index in [1.165, 1.54) is 148 Å². The zero-order chi connectivity index (χ0) is 41.4. The molecule has 1 unspecified atom stereocenters. The second kappa shape index (κ2) is 39.2. The van der Waals surface area contributed by atoms with Crippen LogP contribution < -0.4 is 5.32 Å². The van der Waals surface area contributed by atoms with Gasteiger partial charge in [-0.1, -0.05) is 179 Å². The Morgan fingerprint density at radius 2 is 0.982 bits per heavy atom. The van der Waals surface area contributed by atoms with E-state index in [1.54, 1.807) is 6.08 Å². The van der Waals surface area contributed by atoms with Gasteiger partial charge in [0, 0.05) is 6.42 Å². The van der Waals surface area contributed by atoms with E-state index in [2.05, 4.69) is 43.5 Å². The van der Waals surface area contributed by atoms with Crippen molar-refractivity contribution in [3.8, 4) is 0 Å². The third-order valence-electron chi connectivity index (χ3n) is 10.3. The topological polar surface area (TPSA) is 105 Å². The number of carbonyl (C=O) groups is 1. The molecule has 330 valence electrons. The summed E-state index contributed by atoms with van der Waals surface area (Å²) >= 11 is 0. The quantitative estimate of drug-likeness (QED) is 0.0245. The number of phosphoric acid groups is 1. The van der Waals surface area contributed by atoms with E-state index < -0.39 is 20.0 Å². The normalized spacial score (nSPS) is 14.6. The van der Waals surface area contributed by atoms with Crippen molar-refractivity contribution in [1.82, 2.24) is 5.32 Å². The maximum absolute atomic E-state index is 12.9. The van der Waals surface area contributed by atoms with Crippen LogP contribution in [0.25, 0.3) is 0 Å². The van der Waals surface area contributed by atoms with Crippen LogP contribution in [0, 0.1) is 0 Å². The predicted molar refractivity (Wildman–Crippen MR) is 240 cm³/mol. The lowest BCUT2D eigenvalue weighted by atomic mass is 10.0. The maximum Gasteiger partial charge on any atom is 0.472 e. The Morgan fingerprint density at radius 3 is 1.43 bits per heavy atom. The monoisotopic (exact) mass is 812 g/mol. The van der Waals surface area contributed by atoms with E-state index in [9.17, 15) is 19.4 Å². The van der Waals surface area contributed by atoms with E-state index in [4.69, 9.17) is 9.05 Å². The number of nitrogens with one attached hydrogen (secondary N) is 1. The molecular formula is C47H92N2O6P+. The lowest BCUT2D eigenvalue weighted by molar-refractivity contribution is -0.870. The van der Waals surface area contributed by atoms with Crippen LogP contribution in [0.15, 0.2) is 36.5 Å². The maximum atomic E-state index is 12.9. The molecule has 0 fully saturated rings. The van der Waals surface area contributed by atoms with Crippen LogP contribution in [0.1, 0.15) is 206 Å². The number of aliphatic hydroxyl groups is 1. The number of hydrogen-bond donors (Lipinski definition) is 3. The second-order valence-electron chi connectivity index (χ2n) is 17.1. The number of nitrogens with zero attached hydrogens (tertiary/aromatic N) is 1. The molecule has 0 heterocycles. The van der Waals surface area contributed by atoms with Gasteiger partial charge in [-0.15, -0.1) is 0 Å². The van der Waals surface area contributed by atoms with Gasteiger partial charge in [0.1, 0.15) is 13.2 Å². The Bertz CT molecular complexity index is 1010. The molecule has 1 amide bonds. The Hall–Kier alpha value is -1.28. The van der Waals surface area contributed by atoms with E-state index in [1.807, 2.05) is 27.2 Å². The number of amides is 1. The highest BCUT2D eigenvalue weighted by molar-refractivity contribution is 7.47. The summed E-state index contributed by atoms with van der Waals surface area (Å²) in [5.41, 5.74) is 0. The van der Waals surface area contributed by atoms with Gasteiger partial charge in [-0.2, -0.15) is 0 Å². The fourth-order valence-corrected chi connectivity index (χ4v) is 7.32. The first-order valence-corrected chi connectivity index (χ1v) is 24.9. The summed E-state index contributed by atoms with van der Waals surface area (Å²) < 4.78 is 23.6. The van der Waals surface area contributed by atoms with Crippen molar-refractivity contribution in [1.29, 1.82) is 0 Å². The van der Waals surface area contributed by atoms with E-state index in [0.717, 1.165) is 38.5 Å². The highest BCUT2D eigenvalue weighted by Gasteiger charge is 2.27. The average Bonchev–Trinajstić information content (AvgIpc) is 3.15. The van der Waals surface area contributed by atoms with Crippen LogP contribution in [0.5, 0.6) is 0 Å². The number of quaternary nitrogens is 1. The van der Waals surface area contributed by atoms with Crippen molar-refractivity contribution in [3.05, 3.63) is 36.5 Å². The molecule has 0 radical (unpaired) electrons. The lowest BCUT2D eigenvalue weighted by Gasteiger charge is -2.25. The number of allylic oxidation sites excluding steroid dienone is 5. The van der Waals surface area contributed by atoms with Gasteiger partial charge in [0.2, 0.25) is 5.91 Å². The Labute approximate surface area is 347 Å². The van der Waals surface area contributed by atoms with Crippen LogP contribution in [0.4, 0.5) is 0 Å². The van der Waals surface area contributed by atoms with Gasteiger partial charge in [-0.3, -0.25) is 13.8 Å². The molecule has 9 heteroatoms. The number of carbonyl (C=O) groups excluding carboxylic acids is 1. The number of hydrogen-bond acceptors (Lipinski definition) is 5. The third kappa shape index (κ3) is 40.9. The molecule has 8 nitrogen and oxygen atoms in total. The van der Waals surface area contributed by atoms with Crippen LogP contribution in [-0.2, 0) is 18.4 Å². The summed E-state index contributed by atoms with van der Waals surface area (Å²) in [5, 5.41) is 13.8. The average molecular weight is 812 g/mol. The molecule has 0 aromatic heterocycles. The van der Waals surface area contributed by atoms with Crippen molar-refractivity contribution in [2.45, 2.75) is 219 Å². The molecule has 56 heavy (non-hydrogen) atoms. The highest BCUT2D eigenvalue weighted by atomic mass is 31.2. The highest BCUT2D eigenvalue weighted by Crippen LogP contribution is 2.43. The van der Waals surface area contributed by atoms with Gasteiger partial charge in [0.25, 0.3) is 0 Å². The molecule has 3 atom stereocenters. The Morgan fingerprint density at radius 1 is 0.589 bits per heavy atom. The first-order chi connectivity index (χ1) is 27.0.